The largest absolute Gasteiger partial charge is 0.487 e. The fraction of sp³-hybridized carbons (Fsp3) is 0.364. The molecule has 1 aromatic carbocycles. The number of carbonyl (C=O) groups is 1. The molecule has 0 saturated carbocycles. The molecule has 1 saturated heterocycles. The molecule has 2 rings (SSSR count). The van der Waals surface area contributed by atoms with Gasteiger partial charge in [-0.15, -0.1) is 0 Å². The predicted octanol–water partition coefficient (Wildman–Crippen LogP) is 1.14. The number of primary amides is 1. The normalized spacial score (nSPS) is 15.9. The Balaban J connectivity index is 1.85. The number of benzene rings is 1. The van der Waals surface area contributed by atoms with Crippen molar-refractivity contribution in [3.05, 3.63) is 29.8 Å². The van der Waals surface area contributed by atoms with Gasteiger partial charge in [-0.3, -0.25) is 0 Å². The number of likely N-dealkylation sites (tertiary alicyclic amines) is 1. The number of urea groups is 1. The van der Waals surface area contributed by atoms with E-state index >= 15 is 0 Å². The molecule has 2 amide bonds. The molecule has 80 valence electrons. The van der Waals surface area contributed by atoms with E-state index in [4.69, 9.17) is 10.5 Å². The topological polar surface area (TPSA) is 55.6 Å². The van der Waals surface area contributed by atoms with E-state index in [1.165, 1.54) is 5.56 Å². The first-order valence-corrected chi connectivity index (χ1v) is 4.93. The van der Waals surface area contributed by atoms with E-state index in [-0.39, 0.29) is 12.1 Å². The Morgan fingerprint density at radius 3 is 2.53 bits per heavy atom. The van der Waals surface area contributed by atoms with Gasteiger partial charge in [0, 0.05) is 0 Å². The molecular formula is C11H14N2O2. The van der Waals surface area contributed by atoms with E-state index in [9.17, 15) is 4.79 Å². The van der Waals surface area contributed by atoms with Crippen LogP contribution in [0.4, 0.5) is 4.79 Å². The minimum absolute atomic E-state index is 0.0835. The lowest BCUT2D eigenvalue weighted by Gasteiger charge is -2.37. The maximum absolute atomic E-state index is 10.7. The zero-order valence-corrected chi connectivity index (χ0v) is 8.64. The molecule has 0 unspecified atom stereocenters. The maximum Gasteiger partial charge on any atom is 0.315 e. The van der Waals surface area contributed by atoms with Crippen LogP contribution in [0, 0.1) is 6.92 Å². The number of hydrogen-bond donors (Lipinski definition) is 1. The van der Waals surface area contributed by atoms with Gasteiger partial charge < -0.3 is 15.4 Å². The molecule has 0 aromatic heterocycles. The lowest BCUT2D eigenvalue weighted by Crippen LogP contribution is -2.57. The van der Waals surface area contributed by atoms with Crippen molar-refractivity contribution >= 4 is 6.03 Å². The third kappa shape index (κ3) is 2.21. The van der Waals surface area contributed by atoms with Crippen LogP contribution in [0.3, 0.4) is 0 Å². The zero-order valence-electron chi connectivity index (χ0n) is 8.64. The van der Waals surface area contributed by atoms with E-state index in [1.54, 1.807) is 4.90 Å². The molecule has 0 aliphatic carbocycles. The molecule has 1 aromatic rings. The summed E-state index contributed by atoms with van der Waals surface area (Å²) in [5.74, 6) is 0.842. The lowest BCUT2D eigenvalue weighted by atomic mass is 10.2. The Morgan fingerprint density at radius 2 is 2.00 bits per heavy atom. The highest BCUT2D eigenvalue weighted by molar-refractivity contribution is 5.73. The second kappa shape index (κ2) is 3.81. The van der Waals surface area contributed by atoms with Gasteiger partial charge in [-0.05, 0) is 19.1 Å². The molecule has 4 nitrogen and oxygen atoms in total. The molecule has 0 bridgehead atoms. The second-order valence-corrected chi connectivity index (χ2v) is 3.80. The van der Waals surface area contributed by atoms with Crippen LogP contribution in [0.5, 0.6) is 5.75 Å². The van der Waals surface area contributed by atoms with Gasteiger partial charge in [-0.1, -0.05) is 17.7 Å². The van der Waals surface area contributed by atoms with Crippen LogP contribution in [-0.2, 0) is 0 Å². The molecule has 1 fully saturated rings. The van der Waals surface area contributed by atoms with Crippen molar-refractivity contribution in [2.45, 2.75) is 13.0 Å². The van der Waals surface area contributed by atoms with E-state index in [0.29, 0.717) is 13.1 Å². The molecular weight excluding hydrogens is 192 g/mol. The Hall–Kier alpha value is -1.71. The van der Waals surface area contributed by atoms with Gasteiger partial charge in [0.2, 0.25) is 0 Å². The maximum atomic E-state index is 10.7. The number of amides is 2. The summed E-state index contributed by atoms with van der Waals surface area (Å²) in [4.78, 5) is 12.3. The van der Waals surface area contributed by atoms with Crippen molar-refractivity contribution in [3.8, 4) is 5.75 Å². The van der Waals surface area contributed by atoms with E-state index in [0.717, 1.165) is 5.75 Å². The molecule has 2 N–H and O–H groups in total. The van der Waals surface area contributed by atoms with Crippen LogP contribution < -0.4 is 10.5 Å². The first-order valence-electron chi connectivity index (χ1n) is 4.93. The number of nitrogens with two attached hydrogens (primary N) is 1. The molecule has 1 heterocycles. The highest BCUT2D eigenvalue weighted by atomic mass is 16.5. The van der Waals surface area contributed by atoms with Crippen LogP contribution in [0.25, 0.3) is 0 Å². The SMILES string of the molecule is Cc1ccc(OC2CN(C(N)=O)C2)cc1. The number of aryl methyl sites for hydroxylation is 1. The molecule has 1 aliphatic heterocycles. The molecule has 0 spiro atoms. The summed E-state index contributed by atoms with van der Waals surface area (Å²) in [6.07, 6.45) is 0.0835. The highest BCUT2D eigenvalue weighted by Gasteiger charge is 2.30. The quantitative estimate of drug-likeness (QED) is 0.788. The summed E-state index contributed by atoms with van der Waals surface area (Å²) < 4.78 is 5.64. The van der Waals surface area contributed by atoms with Crippen molar-refractivity contribution in [2.24, 2.45) is 5.73 Å². The third-order valence-corrected chi connectivity index (χ3v) is 2.48. The van der Waals surface area contributed by atoms with Crippen LogP contribution in [0.1, 0.15) is 5.56 Å². The van der Waals surface area contributed by atoms with Gasteiger partial charge in [0.1, 0.15) is 11.9 Å². The molecule has 0 radical (unpaired) electrons. The van der Waals surface area contributed by atoms with Crippen molar-refractivity contribution in [2.75, 3.05) is 13.1 Å². The van der Waals surface area contributed by atoms with E-state index in [1.807, 2.05) is 31.2 Å². The van der Waals surface area contributed by atoms with Crippen LogP contribution in [0.15, 0.2) is 24.3 Å². The van der Waals surface area contributed by atoms with Gasteiger partial charge in [0.25, 0.3) is 0 Å². The minimum atomic E-state index is -0.376. The van der Waals surface area contributed by atoms with Gasteiger partial charge >= 0.3 is 6.03 Å². The van der Waals surface area contributed by atoms with Crippen LogP contribution >= 0.6 is 0 Å². The summed E-state index contributed by atoms with van der Waals surface area (Å²) in [7, 11) is 0. The number of rotatable bonds is 2. The summed E-state index contributed by atoms with van der Waals surface area (Å²) >= 11 is 0. The summed E-state index contributed by atoms with van der Waals surface area (Å²) in [5.41, 5.74) is 6.31. The monoisotopic (exact) mass is 206 g/mol. The fourth-order valence-electron chi connectivity index (χ4n) is 1.50. The Kier molecular flexibility index (Phi) is 2.49. The van der Waals surface area contributed by atoms with Gasteiger partial charge in [-0.2, -0.15) is 0 Å². The van der Waals surface area contributed by atoms with Crippen molar-refractivity contribution in [1.29, 1.82) is 0 Å². The molecule has 15 heavy (non-hydrogen) atoms. The van der Waals surface area contributed by atoms with Crippen molar-refractivity contribution in [3.63, 3.8) is 0 Å². The van der Waals surface area contributed by atoms with Gasteiger partial charge in [-0.25, -0.2) is 4.79 Å². The van der Waals surface area contributed by atoms with Gasteiger partial charge in [0.15, 0.2) is 0 Å². The Morgan fingerprint density at radius 1 is 1.40 bits per heavy atom. The van der Waals surface area contributed by atoms with Crippen LogP contribution in [-0.4, -0.2) is 30.1 Å². The summed E-state index contributed by atoms with van der Waals surface area (Å²) in [6, 6.07) is 7.49. The second-order valence-electron chi connectivity index (χ2n) is 3.80. The number of carbonyl (C=O) groups excluding carboxylic acids is 1. The van der Waals surface area contributed by atoms with E-state index in [2.05, 4.69) is 0 Å². The zero-order chi connectivity index (χ0) is 10.8. The first-order chi connectivity index (χ1) is 7.15. The molecule has 4 heteroatoms. The predicted molar refractivity (Wildman–Crippen MR) is 56.8 cm³/mol. The summed E-state index contributed by atoms with van der Waals surface area (Å²) in [5, 5.41) is 0. The first kappa shape index (κ1) is 9.83. The third-order valence-electron chi connectivity index (χ3n) is 2.48. The Labute approximate surface area is 88.6 Å². The highest BCUT2D eigenvalue weighted by Crippen LogP contribution is 2.18. The summed E-state index contributed by atoms with van der Waals surface area (Å²) in [6.45, 7) is 3.20. The average Bonchev–Trinajstić information content (AvgIpc) is 2.13. The van der Waals surface area contributed by atoms with Gasteiger partial charge in [0.05, 0.1) is 13.1 Å². The molecule has 0 atom stereocenters. The lowest BCUT2D eigenvalue weighted by molar-refractivity contribution is 0.0477. The number of ether oxygens (including phenoxy) is 1. The Bertz CT molecular complexity index is 355. The van der Waals surface area contributed by atoms with Crippen LogP contribution in [0.2, 0.25) is 0 Å². The number of hydrogen-bond acceptors (Lipinski definition) is 2. The molecule has 1 aliphatic rings. The fourth-order valence-corrected chi connectivity index (χ4v) is 1.50. The smallest absolute Gasteiger partial charge is 0.315 e. The van der Waals surface area contributed by atoms with E-state index < -0.39 is 0 Å². The van der Waals surface area contributed by atoms with Crippen molar-refractivity contribution < 1.29 is 9.53 Å². The minimum Gasteiger partial charge on any atom is -0.487 e. The van der Waals surface area contributed by atoms with Crippen molar-refractivity contribution in [1.82, 2.24) is 4.90 Å². The standard InChI is InChI=1S/C11H14N2O2/c1-8-2-4-9(5-3-8)15-10-6-13(7-10)11(12)14/h2-5,10H,6-7H2,1H3,(H2,12,14). The average molecular weight is 206 g/mol. The number of nitrogens with zero attached hydrogens (tertiary/aromatic N) is 1.